The zero-order valence-corrected chi connectivity index (χ0v) is 12.3. The van der Waals surface area contributed by atoms with Crippen LogP contribution in [0, 0.1) is 0 Å². The number of nitrogens with two attached hydrogens (primary N) is 1. The maximum Gasteiger partial charge on any atom is 0.107 e. The predicted octanol–water partition coefficient (Wildman–Crippen LogP) is 2.43. The van der Waals surface area contributed by atoms with Gasteiger partial charge < -0.3 is 11.1 Å². The Morgan fingerprint density at radius 3 is 2.89 bits per heavy atom. The van der Waals surface area contributed by atoms with Gasteiger partial charge in [-0.1, -0.05) is 18.3 Å². The Hall–Kier alpha value is -1.40. The van der Waals surface area contributed by atoms with Crippen LogP contribution in [0.3, 0.4) is 0 Å². The van der Waals surface area contributed by atoms with E-state index in [4.69, 9.17) is 18.0 Å². The maximum absolute atomic E-state index is 5.74. The van der Waals surface area contributed by atoms with Crippen molar-refractivity contribution in [2.75, 3.05) is 5.32 Å². The largest absolute Gasteiger partial charge is 0.389 e. The van der Waals surface area contributed by atoms with Gasteiger partial charge in [0, 0.05) is 29.0 Å². The van der Waals surface area contributed by atoms with Gasteiger partial charge in [0.2, 0.25) is 0 Å². The Bertz CT molecular complexity index is 579. The third-order valence-corrected chi connectivity index (χ3v) is 3.51. The van der Waals surface area contributed by atoms with Crippen molar-refractivity contribution in [1.82, 2.24) is 9.78 Å². The van der Waals surface area contributed by atoms with Crippen molar-refractivity contribution in [1.29, 1.82) is 0 Å². The van der Waals surface area contributed by atoms with Gasteiger partial charge in [-0.2, -0.15) is 5.10 Å². The summed E-state index contributed by atoms with van der Waals surface area (Å²) in [6.07, 6.45) is 1.77. The van der Waals surface area contributed by atoms with Crippen molar-refractivity contribution < 1.29 is 0 Å². The van der Waals surface area contributed by atoms with Crippen molar-refractivity contribution in [3.63, 3.8) is 0 Å². The zero-order valence-electron chi connectivity index (χ0n) is 9.85. The van der Waals surface area contributed by atoms with Crippen LogP contribution >= 0.6 is 28.1 Å². The number of benzene rings is 1. The van der Waals surface area contributed by atoms with Crippen LogP contribution in [0.4, 0.5) is 5.69 Å². The molecule has 0 bridgehead atoms. The summed E-state index contributed by atoms with van der Waals surface area (Å²) in [5.41, 5.74) is 8.57. The molecule has 0 unspecified atom stereocenters. The summed E-state index contributed by atoms with van der Waals surface area (Å²) in [4.78, 5) is 0.370. The quantitative estimate of drug-likeness (QED) is 0.848. The Kier molecular flexibility index (Phi) is 3.98. The molecule has 0 spiro atoms. The van der Waals surface area contributed by atoms with E-state index in [0.717, 1.165) is 21.4 Å². The molecule has 0 fully saturated rings. The average molecular weight is 325 g/mol. The standard InChI is InChI=1S/C12H13BrN4S/c1-17-8(5-6-16-17)7-15-10-4-2-3-9(13)11(10)12(14)18/h2-6,15H,7H2,1H3,(H2,14,18). The topological polar surface area (TPSA) is 55.9 Å². The van der Waals surface area contributed by atoms with E-state index < -0.39 is 0 Å². The third kappa shape index (κ3) is 2.70. The number of nitrogens with one attached hydrogen (secondary N) is 1. The fourth-order valence-electron chi connectivity index (χ4n) is 1.68. The Labute approximate surface area is 119 Å². The second kappa shape index (κ2) is 5.49. The summed E-state index contributed by atoms with van der Waals surface area (Å²) in [7, 11) is 1.91. The van der Waals surface area contributed by atoms with Gasteiger partial charge in [0.25, 0.3) is 0 Å². The van der Waals surface area contributed by atoms with E-state index in [9.17, 15) is 0 Å². The fourth-order valence-corrected chi connectivity index (χ4v) is 2.61. The molecular weight excluding hydrogens is 312 g/mol. The van der Waals surface area contributed by atoms with E-state index >= 15 is 0 Å². The van der Waals surface area contributed by atoms with Gasteiger partial charge in [-0.15, -0.1) is 0 Å². The van der Waals surface area contributed by atoms with Gasteiger partial charge >= 0.3 is 0 Å². The molecule has 2 rings (SSSR count). The van der Waals surface area contributed by atoms with E-state index in [2.05, 4.69) is 26.3 Å². The zero-order chi connectivity index (χ0) is 13.1. The molecule has 0 amide bonds. The van der Waals surface area contributed by atoms with E-state index in [0.29, 0.717) is 11.5 Å². The molecule has 1 aromatic carbocycles. The lowest BCUT2D eigenvalue weighted by Crippen LogP contribution is -2.14. The van der Waals surface area contributed by atoms with Crippen molar-refractivity contribution in [3.8, 4) is 0 Å². The number of aryl methyl sites for hydroxylation is 1. The normalized spacial score (nSPS) is 10.3. The summed E-state index contributed by atoms with van der Waals surface area (Å²) in [6, 6.07) is 7.78. The van der Waals surface area contributed by atoms with Crippen LogP contribution in [0.25, 0.3) is 0 Å². The molecule has 4 nitrogen and oxygen atoms in total. The highest BCUT2D eigenvalue weighted by atomic mass is 79.9. The third-order valence-electron chi connectivity index (χ3n) is 2.64. The maximum atomic E-state index is 5.74. The van der Waals surface area contributed by atoms with Gasteiger partial charge in [0.1, 0.15) is 4.99 Å². The molecule has 1 heterocycles. The second-order valence-electron chi connectivity index (χ2n) is 3.83. The first-order valence-corrected chi connectivity index (χ1v) is 6.59. The molecule has 0 saturated heterocycles. The van der Waals surface area contributed by atoms with Gasteiger partial charge in [-0.25, -0.2) is 0 Å². The molecule has 0 atom stereocenters. The molecule has 0 saturated carbocycles. The van der Waals surface area contributed by atoms with Crippen molar-refractivity contribution in [2.45, 2.75) is 6.54 Å². The van der Waals surface area contributed by atoms with E-state index in [1.165, 1.54) is 0 Å². The molecule has 2 aromatic rings. The van der Waals surface area contributed by atoms with E-state index in [1.54, 1.807) is 6.20 Å². The van der Waals surface area contributed by atoms with Gasteiger partial charge in [-0.3, -0.25) is 4.68 Å². The van der Waals surface area contributed by atoms with Crippen LogP contribution in [0.15, 0.2) is 34.9 Å². The number of aromatic nitrogens is 2. The molecule has 0 aliphatic rings. The van der Waals surface area contributed by atoms with Crippen LogP contribution in [0.1, 0.15) is 11.3 Å². The number of nitrogens with zero attached hydrogens (tertiary/aromatic N) is 2. The summed E-state index contributed by atoms with van der Waals surface area (Å²) in [6.45, 7) is 0.669. The van der Waals surface area contributed by atoms with Gasteiger partial charge in [0.05, 0.1) is 12.2 Å². The van der Waals surface area contributed by atoms with Crippen LogP contribution in [-0.2, 0) is 13.6 Å². The van der Waals surface area contributed by atoms with Crippen LogP contribution in [0.2, 0.25) is 0 Å². The Morgan fingerprint density at radius 2 is 2.28 bits per heavy atom. The van der Waals surface area contributed by atoms with Gasteiger partial charge in [-0.05, 0) is 34.1 Å². The molecule has 6 heteroatoms. The Morgan fingerprint density at radius 1 is 1.50 bits per heavy atom. The lowest BCUT2D eigenvalue weighted by Gasteiger charge is -2.12. The van der Waals surface area contributed by atoms with Gasteiger partial charge in [0.15, 0.2) is 0 Å². The minimum absolute atomic E-state index is 0.370. The SMILES string of the molecule is Cn1nccc1CNc1cccc(Br)c1C(N)=S. The number of rotatable bonds is 4. The molecule has 3 N–H and O–H groups in total. The van der Waals surface area contributed by atoms with Crippen LogP contribution < -0.4 is 11.1 Å². The van der Waals surface area contributed by atoms with E-state index in [1.807, 2.05) is 36.0 Å². The highest BCUT2D eigenvalue weighted by Gasteiger charge is 2.09. The number of halogens is 1. The Balaban J connectivity index is 2.22. The first kappa shape index (κ1) is 13.0. The molecule has 0 aliphatic heterocycles. The first-order chi connectivity index (χ1) is 8.59. The second-order valence-corrected chi connectivity index (χ2v) is 5.12. The molecule has 94 valence electrons. The highest BCUT2D eigenvalue weighted by molar-refractivity contribution is 9.10. The average Bonchev–Trinajstić information content (AvgIpc) is 2.71. The highest BCUT2D eigenvalue weighted by Crippen LogP contribution is 2.25. The predicted molar refractivity (Wildman–Crippen MR) is 80.6 cm³/mol. The monoisotopic (exact) mass is 324 g/mol. The van der Waals surface area contributed by atoms with Crippen molar-refractivity contribution >= 4 is 38.8 Å². The number of anilines is 1. The molecule has 0 radical (unpaired) electrons. The number of hydrogen-bond acceptors (Lipinski definition) is 3. The molecule has 0 aliphatic carbocycles. The lowest BCUT2D eigenvalue weighted by atomic mass is 10.1. The fraction of sp³-hybridized carbons (Fsp3) is 0.167. The summed E-state index contributed by atoms with van der Waals surface area (Å²) in [5, 5.41) is 7.44. The molecule has 1 aromatic heterocycles. The summed E-state index contributed by atoms with van der Waals surface area (Å²) >= 11 is 8.52. The van der Waals surface area contributed by atoms with Crippen molar-refractivity contribution in [2.24, 2.45) is 12.8 Å². The summed E-state index contributed by atoms with van der Waals surface area (Å²) in [5.74, 6) is 0. The number of hydrogen-bond donors (Lipinski definition) is 2. The molecule has 18 heavy (non-hydrogen) atoms. The van der Waals surface area contributed by atoms with Crippen molar-refractivity contribution in [3.05, 3.63) is 46.2 Å². The van der Waals surface area contributed by atoms with Crippen LogP contribution in [0.5, 0.6) is 0 Å². The van der Waals surface area contributed by atoms with Crippen LogP contribution in [-0.4, -0.2) is 14.8 Å². The lowest BCUT2D eigenvalue weighted by molar-refractivity contribution is 0.720. The smallest absolute Gasteiger partial charge is 0.107 e. The minimum Gasteiger partial charge on any atom is -0.389 e. The molecular formula is C12H13BrN4S. The first-order valence-electron chi connectivity index (χ1n) is 5.38. The minimum atomic E-state index is 0.370. The number of thiocarbonyl (C=S) groups is 1. The van der Waals surface area contributed by atoms with E-state index in [-0.39, 0.29) is 0 Å². The summed E-state index contributed by atoms with van der Waals surface area (Å²) < 4.78 is 2.72.